The van der Waals surface area contributed by atoms with Crippen LogP contribution in [0.4, 0.5) is 5.69 Å². The van der Waals surface area contributed by atoms with Crippen LogP contribution in [0, 0.1) is 10.1 Å². The molecule has 0 aromatic heterocycles. The van der Waals surface area contributed by atoms with Gasteiger partial charge in [-0.05, 0) is 19.1 Å². The van der Waals surface area contributed by atoms with Crippen molar-refractivity contribution in [2.24, 2.45) is 0 Å². The molecule has 23 heavy (non-hydrogen) atoms. The summed E-state index contributed by atoms with van der Waals surface area (Å²) in [6.45, 7) is 1.50. The van der Waals surface area contributed by atoms with Crippen molar-refractivity contribution in [1.82, 2.24) is 0 Å². The van der Waals surface area contributed by atoms with Crippen LogP contribution in [0.5, 0.6) is 0 Å². The van der Waals surface area contributed by atoms with E-state index < -0.39 is 41.6 Å². The second-order valence-corrected chi connectivity index (χ2v) is 5.10. The predicted molar refractivity (Wildman–Crippen MR) is 75.7 cm³/mol. The van der Waals surface area contributed by atoms with Crippen molar-refractivity contribution < 1.29 is 34.1 Å². The molecule has 1 aromatic carbocycles. The predicted octanol–water partition coefficient (Wildman–Crippen LogP) is 0.233. The van der Waals surface area contributed by atoms with Crippen LogP contribution in [0.15, 0.2) is 24.3 Å². The van der Waals surface area contributed by atoms with Gasteiger partial charge >= 0.3 is 5.97 Å². The SMILES string of the molecule is COC1O[C@H]([C@H](C)OC(=O)c2ccc([N+](=O)[O-])cc2)[C@@H](O)[C@H]1O. The molecule has 5 atom stereocenters. The maximum Gasteiger partial charge on any atom is 0.338 e. The molecule has 1 unspecified atom stereocenters. The number of methoxy groups -OCH3 is 1. The number of carbonyl (C=O) groups excluding carboxylic acids is 1. The Bertz CT molecular complexity index is 575. The molecule has 1 aliphatic heterocycles. The first kappa shape index (κ1) is 17.3. The highest BCUT2D eigenvalue weighted by Gasteiger charge is 2.46. The van der Waals surface area contributed by atoms with E-state index in [1.807, 2.05) is 0 Å². The Kier molecular flexibility index (Phi) is 5.26. The van der Waals surface area contributed by atoms with Gasteiger partial charge in [-0.3, -0.25) is 10.1 Å². The number of esters is 1. The fourth-order valence-electron chi connectivity index (χ4n) is 2.28. The molecule has 0 radical (unpaired) electrons. The highest BCUT2D eigenvalue weighted by molar-refractivity contribution is 5.89. The van der Waals surface area contributed by atoms with Crippen molar-refractivity contribution in [3.63, 3.8) is 0 Å². The Hall–Kier alpha value is -2.07. The van der Waals surface area contributed by atoms with Gasteiger partial charge in [-0.15, -0.1) is 0 Å². The number of rotatable bonds is 5. The molecule has 9 heteroatoms. The van der Waals surface area contributed by atoms with E-state index in [-0.39, 0.29) is 11.3 Å². The van der Waals surface area contributed by atoms with E-state index in [9.17, 15) is 25.1 Å². The molecular weight excluding hydrogens is 310 g/mol. The van der Waals surface area contributed by atoms with Crippen molar-refractivity contribution in [1.29, 1.82) is 0 Å². The van der Waals surface area contributed by atoms with E-state index in [1.165, 1.54) is 38.3 Å². The van der Waals surface area contributed by atoms with Crippen LogP contribution >= 0.6 is 0 Å². The monoisotopic (exact) mass is 327 g/mol. The van der Waals surface area contributed by atoms with Crippen LogP contribution in [0.2, 0.25) is 0 Å². The first-order valence-electron chi connectivity index (χ1n) is 6.85. The van der Waals surface area contributed by atoms with Gasteiger partial charge in [0.25, 0.3) is 5.69 Å². The van der Waals surface area contributed by atoms with Crippen molar-refractivity contribution in [2.75, 3.05) is 7.11 Å². The summed E-state index contributed by atoms with van der Waals surface area (Å²) in [5, 5.41) is 30.2. The summed E-state index contributed by atoms with van der Waals surface area (Å²) < 4.78 is 15.3. The minimum Gasteiger partial charge on any atom is -0.456 e. The molecule has 126 valence electrons. The third-order valence-corrected chi connectivity index (χ3v) is 3.56. The van der Waals surface area contributed by atoms with Gasteiger partial charge in [0.15, 0.2) is 6.29 Å². The van der Waals surface area contributed by atoms with Gasteiger partial charge in [0.1, 0.15) is 24.4 Å². The number of ether oxygens (including phenoxy) is 3. The molecule has 1 aromatic rings. The molecule has 9 nitrogen and oxygen atoms in total. The van der Waals surface area contributed by atoms with Crippen LogP contribution < -0.4 is 0 Å². The van der Waals surface area contributed by atoms with Gasteiger partial charge in [0.2, 0.25) is 0 Å². The average molecular weight is 327 g/mol. The number of nitrogens with zero attached hydrogens (tertiary/aromatic N) is 1. The summed E-state index contributed by atoms with van der Waals surface area (Å²) in [7, 11) is 1.32. The van der Waals surface area contributed by atoms with Crippen LogP contribution in [0.25, 0.3) is 0 Å². The number of aliphatic hydroxyl groups excluding tert-OH is 2. The summed E-state index contributed by atoms with van der Waals surface area (Å²) in [5.74, 6) is -0.724. The smallest absolute Gasteiger partial charge is 0.338 e. The number of aliphatic hydroxyl groups is 2. The zero-order chi connectivity index (χ0) is 17.1. The maximum atomic E-state index is 12.0. The zero-order valence-corrected chi connectivity index (χ0v) is 12.5. The lowest BCUT2D eigenvalue weighted by Gasteiger charge is -2.22. The summed E-state index contributed by atoms with van der Waals surface area (Å²) in [4.78, 5) is 22.0. The van der Waals surface area contributed by atoms with Gasteiger partial charge in [-0.25, -0.2) is 4.79 Å². The summed E-state index contributed by atoms with van der Waals surface area (Å²) in [6.07, 6.45) is -5.32. The van der Waals surface area contributed by atoms with E-state index in [1.54, 1.807) is 0 Å². The highest BCUT2D eigenvalue weighted by Crippen LogP contribution is 2.26. The molecule has 0 bridgehead atoms. The number of hydrogen-bond donors (Lipinski definition) is 2. The largest absolute Gasteiger partial charge is 0.456 e. The first-order chi connectivity index (χ1) is 10.8. The topological polar surface area (TPSA) is 128 Å². The Morgan fingerprint density at radius 2 is 1.91 bits per heavy atom. The van der Waals surface area contributed by atoms with Crippen LogP contribution in [-0.4, -0.2) is 58.9 Å². The van der Waals surface area contributed by atoms with Crippen molar-refractivity contribution >= 4 is 11.7 Å². The molecule has 1 heterocycles. The minimum absolute atomic E-state index is 0.124. The summed E-state index contributed by atoms with van der Waals surface area (Å²) in [6, 6.07) is 4.91. The van der Waals surface area contributed by atoms with Crippen LogP contribution in [-0.2, 0) is 14.2 Å². The fraction of sp³-hybridized carbons (Fsp3) is 0.500. The van der Waals surface area contributed by atoms with Gasteiger partial charge in [-0.2, -0.15) is 0 Å². The van der Waals surface area contributed by atoms with Gasteiger partial charge in [0, 0.05) is 19.2 Å². The molecule has 0 amide bonds. The second kappa shape index (κ2) is 7.01. The summed E-state index contributed by atoms with van der Waals surface area (Å²) >= 11 is 0. The Labute approximate surface area is 131 Å². The quantitative estimate of drug-likeness (QED) is 0.447. The molecule has 0 aliphatic carbocycles. The lowest BCUT2D eigenvalue weighted by Crippen LogP contribution is -2.39. The molecule has 1 fully saturated rings. The standard InChI is InChI=1S/C14H17NO8/c1-7(12-10(16)11(17)14(21-2)23-12)22-13(18)8-3-5-9(6-4-8)15(19)20/h3-7,10-12,14,16-17H,1-2H3/t7-,10-,11+,12+,14?/m0/s1. The molecular formula is C14H17NO8. The normalized spacial score (nSPS) is 28.3. The van der Waals surface area contributed by atoms with Crippen molar-refractivity contribution in [2.45, 2.75) is 37.6 Å². The van der Waals surface area contributed by atoms with Gasteiger partial charge < -0.3 is 24.4 Å². The van der Waals surface area contributed by atoms with Crippen molar-refractivity contribution in [3.05, 3.63) is 39.9 Å². The number of carbonyl (C=O) groups is 1. The maximum absolute atomic E-state index is 12.0. The number of hydrogen-bond acceptors (Lipinski definition) is 8. The van der Waals surface area contributed by atoms with E-state index in [4.69, 9.17) is 14.2 Å². The number of benzene rings is 1. The first-order valence-corrected chi connectivity index (χ1v) is 6.85. The third-order valence-electron chi connectivity index (χ3n) is 3.56. The average Bonchev–Trinajstić information content (AvgIpc) is 2.82. The third kappa shape index (κ3) is 3.64. The highest BCUT2D eigenvalue weighted by atomic mass is 16.7. The molecule has 0 spiro atoms. The Morgan fingerprint density at radius 3 is 2.39 bits per heavy atom. The number of non-ortho nitro benzene ring substituents is 1. The second-order valence-electron chi connectivity index (χ2n) is 5.10. The van der Waals surface area contributed by atoms with Gasteiger partial charge in [-0.1, -0.05) is 0 Å². The molecule has 2 rings (SSSR count). The van der Waals surface area contributed by atoms with E-state index in [2.05, 4.69) is 0 Å². The Morgan fingerprint density at radius 1 is 1.30 bits per heavy atom. The molecule has 0 saturated carbocycles. The van der Waals surface area contributed by atoms with Gasteiger partial charge in [0.05, 0.1) is 10.5 Å². The van der Waals surface area contributed by atoms with Crippen molar-refractivity contribution in [3.8, 4) is 0 Å². The van der Waals surface area contributed by atoms with E-state index >= 15 is 0 Å². The molecule has 1 aliphatic rings. The zero-order valence-electron chi connectivity index (χ0n) is 12.5. The minimum atomic E-state index is -1.26. The molecule has 1 saturated heterocycles. The number of nitro groups is 1. The van der Waals surface area contributed by atoms with E-state index in [0.717, 1.165) is 0 Å². The number of nitro benzene ring substituents is 1. The van der Waals surface area contributed by atoms with Crippen LogP contribution in [0.3, 0.4) is 0 Å². The lowest BCUT2D eigenvalue weighted by molar-refractivity contribution is -0.384. The fourth-order valence-corrected chi connectivity index (χ4v) is 2.28. The van der Waals surface area contributed by atoms with E-state index in [0.29, 0.717) is 0 Å². The molecule has 2 N–H and O–H groups in total. The Balaban J connectivity index is 2.01. The lowest BCUT2D eigenvalue weighted by atomic mass is 10.1. The van der Waals surface area contributed by atoms with Crippen LogP contribution in [0.1, 0.15) is 17.3 Å². The summed E-state index contributed by atoms with van der Waals surface area (Å²) in [5.41, 5.74) is -0.0195.